The van der Waals surface area contributed by atoms with Crippen LogP contribution < -0.4 is 10.5 Å². The van der Waals surface area contributed by atoms with Crippen molar-refractivity contribution >= 4 is 18.3 Å². The summed E-state index contributed by atoms with van der Waals surface area (Å²) in [6, 6.07) is 2.52. The van der Waals surface area contributed by atoms with Gasteiger partial charge in [-0.15, -0.1) is 12.4 Å². The maximum absolute atomic E-state index is 12.8. The van der Waals surface area contributed by atoms with E-state index >= 15 is 0 Å². The molecule has 2 unspecified atom stereocenters. The highest BCUT2D eigenvalue weighted by atomic mass is 35.5. The second-order valence-corrected chi connectivity index (χ2v) is 6.25. The topological polar surface area (TPSA) is 68.5 Å². The van der Waals surface area contributed by atoms with Crippen LogP contribution in [0.25, 0.3) is 0 Å². The fourth-order valence-corrected chi connectivity index (χ4v) is 2.73. The minimum Gasteiger partial charge on any atom is -0.471 e. The SMILES string of the molecule is CC1CCN(C(=O)c2ccc(OCC(F)(F)C(F)F)nc2)C(CN)C1.Cl. The predicted molar refractivity (Wildman–Crippen MR) is 90.2 cm³/mol. The van der Waals surface area contributed by atoms with Crippen LogP contribution in [0, 0.1) is 5.92 Å². The third kappa shape index (κ3) is 5.44. The second-order valence-electron chi connectivity index (χ2n) is 6.25. The molecule has 0 saturated carbocycles. The minimum absolute atomic E-state index is 0. The predicted octanol–water partition coefficient (Wildman–Crippen LogP) is 2.98. The Kier molecular flexibility index (Phi) is 8.08. The molecule has 2 heterocycles. The van der Waals surface area contributed by atoms with E-state index in [-0.39, 0.29) is 35.8 Å². The summed E-state index contributed by atoms with van der Waals surface area (Å²) >= 11 is 0. The highest BCUT2D eigenvalue weighted by molar-refractivity contribution is 5.94. The van der Waals surface area contributed by atoms with Crippen molar-refractivity contribution in [2.45, 2.75) is 38.2 Å². The molecule has 0 aromatic carbocycles. The summed E-state index contributed by atoms with van der Waals surface area (Å²) in [5, 5.41) is 0. The molecule has 148 valence electrons. The lowest BCUT2D eigenvalue weighted by atomic mass is 9.92. The van der Waals surface area contributed by atoms with Gasteiger partial charge in [0.15, 0.2) is 6.61 Å². The molecule has 2 atom stereocenters. The zero-order valence-corrected chi connectivity index (χ0v) is 15.0. The third-order valence-corrected chi connectivity index (χ3v) is 4.23. The molecule has 5 nitrogen and oxygen atoms in total. The quantitative estimate of drug-likeness (QED) is 0.747. The fraction of sp³-hybridized carbons (Fsp3) is 0.625. The maximum atomic E-state index is 12.8. The second kappa shape index (κ2) is 9.36. The average molecular weight is 400 g/mol. The molecule has 2 rings (SSSR count). The van der Waals surface area contributed by atoms with Crippen molar-refractivity contribution in [3.05, 3.63) is 23.9 Å². The fourth-order valence-electron chi connectivity index (χ4n) is 2.73. The molecule has 1 saturated heterocycles. The Bertz CT molecular complexity index is 589. The number of piperidine rings is 1. The monoisotopic (exact) mass is 399 g/mol. The molecule has 2 N–H and O–H groups in total. The number of pyridine rings is 1. The molecule has 10 heteroatoms. The van der Waals surface area contributed by atoms with Gasteiger partial charge in [0.2, 0.25) is 5.88 Å². The molecule has 26 heavy (non-hydrogen) atoms. The minimum atomic E-state index is -4.25. The van der Waals surface area contributed by atoms with E-state index < -0.39 is 19.0 Å². The first-order valence-corrected chi connectivity index (χ1v) is 8.00. The van der Waals surface area contributed by atoms with Crippen molar-refractivity contribution in [3.8, 4) is 5.88 Å². The molecule has 0 radical (unpaired) electrons. The number of likely N-dealkylation sites (tertiary alicyclic amines) is 1. The van der Waals surface area contributed by atoms with Crippen LogP contribution >= 0.6 is 12.4 Å². The number of rotatable bonds is 6. The zero-order valence-electron chi connectivity index (χ0n) is 14.2. The van der Waals surface area contributed by atoms with Crippen molar-refractivity contribution in [2.75, 3.05) is 19.7 Å². The van der Waals surface area contributed by atoms with E-state index in [1.165, 1.54) is 18.3 Å². The van der Waals surface area contributed by atoms with E-state index in [1.54, 1.807) is 4.90 Å². The van der Waals surface area contributed by atoms with Gasteiger partial charge in [-0.25, -0.2) is 13.8 Å². The summed E-state index contributed by atoms with van der Waals surface area (Å²) in [7, 11) is 0. The molecule has 1 aromatic rings. The van der Waals surface area contributed by atoms with Crippen LogP contribution in [0.3, 0.4) is 0 Å². The standard InChI is InChI=1S/C16H21F4N3O2.ClH/c1-10-4-5-23(12(6-10)7-21)14(24)11-2-3-13(22-8-11)25-9-16(19,20)15(17)18;/h2-3,8,10,12,15H,4-7,9,21H2,1H3;1H. The summed E-state index contributed by atoms with van der Waals surface area (Å²) in [6.07, 6.45) is -0.939. The highest BCUT2D eigenvalue weighted by Gasteiger charge is 2.41. The molecule has 0 bridgehead atoms. The van der Waals surface area contributed by atoms with E-state index in [4.69, 9.17) is 5.73 Å². The van der Waals surface area contributed by atoms with Crippen LogP contribution in [0.1, 0.15) is 30.1 Å². The van der Waals surface area contributed by atoms with Crippen LogP contribution in [0.2, 0.25) is 0 Å². The van der Waals surface area contributed by atoms with Crippen molar-refractivity contribution in [1.29, 1.82) is 0 Å². The average Bonchev–Trinajstić information content (AvgIpc) is 2.59. The van der Waals surface area contributed by atoms with Crippen LogP contribution in [0.4, 0.5) is 17.6 Å². The van der Waals surface area contributed by atoms with Gasteiger partial charge >= 0.3 is 12.3 Å². The van der Waals surface area contributed by atoms with Gasteiger partial charge in [-0.05, 0) is 24.8 Å². The van der Waals surface area contributed by atoms with Gasteiger partial charge in [-0.2, -0.15) is 8.78 Å². The van der Waals surface area contributed by atoms with Crippen molar-refractivity contribution in [2.24, 2.45) is 11.7 Å². The lowest BCUT2D eigenvalue weighted by molar-refractivity contribution is -0.148. The number of hydrogen-bond donors (Lipinski definition) is 1. The van der Waals surface area contributed by atoms with Crippen molar-refractivity contribution in [3.63, 3.8) is 0 Å². The Balaban J connectivity index is 0.00000338. The number of aromatic nitrogens is 1. The van der Waals surface area contributed by atoms with Crippen LogP contribution in [-0.2, 0) is 0 Å². The Morgan fingerprint density at radius 2 is 2.15 bits per heavy atom. The van der Waals surface area contributed by atoms with E-state index in [0.717, 1.165) is 12.8 Å². The molecular weight excluding hydrogens is 378 g/mol. The summed E-state index contributed by atoms with van der Waals surface area (Å²) in [4.78, 5) is 18.0. The Labute approximate surface area is 155 Å². The van der Waals surface area contributed by atoms with E-state index in [0.29, 0.717) is 19.0 Å². The van der Waals surface area contributed by atoms with Crippen molar-refractivity contribution < 1.29 is 27.1 Å². The number of hydrogen-bond acceptors (Lipinski definition) is 4. The number of nitrogens with two attached hydrogens (primary N) is 1. The normalized spacial score (nSPS) is 20.7. The molecule has 1 fully saturated rings. The lowest BCUT2D eigenvalue weighted by Crippen LogP contribution is -2.49. The van der Waals surface area contributed by atoms with Gasteiger partial charge in [-0.1, -0.05) is 6.92 Å². The van der Waals surface area contributed by atoms with Crippen LogP contribution in [0.5, 0.6) is 5.88 Å². The maximum Gasteiger partial charge on any atom is 0.340 e. The van der Waals surface area contributed by atoms with Gasteiger partial charge in [0, 0.05) is 31.4 Å². The molecule has 0 aliphatic carbocycles. The Morgan fingerprint density at radius 3 is 2.69 bits per heavy atom. The number of alkyl halides is 4. The molecular formula is C16H22ClF4N3O2. The van der Waals surface area contributed by atoms with Crippen LogP contribution in [-0.4, -0.2) is 53.9 Å². The highest BCUT2D eigenvalue weighted by Crippen LogP contribution is 2.25. The first kappa shape index (κ1) is 22.4. The Morgan fingerprint density at radius 1 is 1.46 bits per heavy atom. The first-order chi connectivity index (χ1) is 11.7. The van der Waals surface area contributed by atoms with E-state index in [9.17, 15) is 22.4 Å². The van der Waals surface area contributed by atoms with Gasteiger partial charge in [-0.3, -0.25) is 4.79 Å². The van der Waals surface area contributed by atoms with E-state index in [1.807, 2.05) is 0 Å². The number of halogens is 5. The summed E-state index contributed by atoms with van der Waals surface area (Å²) in [6.45, 7) is 1.56. The summed E-state index contributed by atoms with van der Waals surface area (Å²) < 4.78 is 54.4. The molecule has 1 aliphatic rings. The molecule has 1 aliphatic heterocycles. The number of carbonyl (C=O) groups is 1. The van der Waals surface area contributed by atoms with Crippen molar-refractivity contribution in [1.82, 2.24) is 9.88 Å². The molecule has 0 spiro atoms. The van der Waals surface area contributed by atoms with Crippen LogP contribution in [0.15, 0.2) is 18.3 Å². The third-order valence-electron chi connectivity index (χ3n) is 4.23. The number of ether oxygens (including phenoxy) is 1. The van der Waals surface area contributed by atoms with Gasteiger partial charge < -0.3 is 15.4 Å². The number of amides is 1. The summed E-state index contributed by atoms with van der Waals surface area (Å²) in [5.74, 6) is -4.27. The molecule has 1 amide bonds. The number of nitrogens with zero attached hydrogens (tertiary/aromatic N) is 2. The van der Waals surface area contributed by atoms with Gasteiger partial charge in [0.05, 0.1) is 5.56 Å². The summed E-state index contributed by atoms with van der Waals surface area (Å²) in [5.41, 5.74) is 6.00. The van der Waals surface area contributed by atoms with E-state index in [2.05, 4.69) is 16.6 Å². The largest absolute Gasteiger partial charge is 0.471 e. The van der Waals surface area contributed by atoms with Gasteiger partial charge in [0.25, 0.3) is 5.91 Å². The smallest absolute Gasteiger partial charge is 0.340 e. The molecule has 1 aromatic heterocycles. The first-order valence-electron chi connectivity index (χ1n) is 8.00. The van der Waals surface area contributed by atoms with Gasteiger partial charge in [0.1, 0.15) is 0 Å². The zero-order chi connectivity index (χ0) is 18.6. The number of carbonyl (C=O) groups excluding carboxylic acids is 1. The lowest BCUT2D eigenvalue weighted by Gasteiger charge is -2.38. The Hall–Kier alpha value is -1.61.